The molecule has 0 aliphatic rings. The lowest BCUT2D eigenvalue weighted by Crippen LogP contribution is -2.26. The van der Waals surface area contributed by atoms with Gasteiger partial charge in [-0.2, -0.15) is 11.3 Å². The smallest absolute Gasteiger partial charge is 0.270 e. The number of carbonyl (C=O) groups excluding carboxylic acids is 1. The number of benzene rings is 1. The topological polar surface area (TPSA) is 63.5 Å². The zero-order valence-electron chi connectivity index (χ0n) is 10.6. The van der Waals surface area contributed by atoms with Gasteiger partial charge in [0.1, 0.15) is 5.82 Å². The zero-order chi connectivity index (χ0) is 14.7. The monoisotopic (exact) mass is 294 g/mol. The lowest BCUT2D eigenvalue weighted by atomic mass is 10.1. The Morgan fingerprint density at radius 3 is 2.80 bits per heavy atom. The summed E-state index contributed by atoms with van der Waals surface area (Å²) in [6.07, 6.45) is 0. The van der Waals surface area contributed by atoms with E-state index >= 15 is 0 Å². The molecule has 1 aromatic heterocycles. The summed E-state index contributed by atoms with van der Waals surface area (Å²) in [7, 11) is 1.53. The molecule has 104 valence electrons. The fourth-order valence-electron chi connectivity index (χ4n) is 1.72. The molecule has 0 radical (unpaired) electrons. The number of hydrogen-bond donors (Lipinski definition) is 0. The van der Waals surface area contributed by atoms with Gasteiger partial charge in [0.2, 0.25) is 0 Å². The maximum Gasteiger partial charge on any atom is 0.270 e. The highest BCUT2D eigenvalue weighted by atomic mass is 32.1. The van der Waals surface area contributed by atoms with Gasteiger partial charge in [-0.1, -0.05) is 0 Å². The van der Waals surface area contributed by atoms with Gasteiger partial charge in [0.05, 0.1) is 10.5 Å². The Kier molecular flexibility index (Phi) is 4.09. The van der Waals surface area contributed by atoms with Crippen LogP contribution >= 0.6 is 11.3 Å². The molecule has 0 saturated heterocycles. The highest BCUT2D eigenvalue weighted by Gasteiger charge is 2.20. The van der Waals surface area contributed by atoms with Crippen LogP contribution in [0.5, 0.6) is 0 Å². The molecular formula is C13H11FN2O3S. The minimum absolute atomic E-state index is 0.295. The predicted octanol–water partition coefficient (Wildman–Crippen LogP) is 3.07. The molecule has 0 aliphatic carbocycles. The van der Waals surface area contributed by atoms with E-state index in [4.69, 9.17) is 0 Å². The second kappa shape index (κ2) is 5.79. The molecule has 0 N–H and O–H groups in total. The van der Waals surface area contributed by atoms with Gasteiger partial charge in [-0.3, -0.25) is 14.9 Å². The number of rotatable bonds is 4. The Bertz CT molecular complexity index is 643. The van der Waals surface area contributed by atoms with Crippen molar-refractivity contribution in [3.8, 4) is 0 Å². The van der Waals surface area contributed by atoms with Gasteiger partial charge < -0.3 is 4.90 Å². The molecular weight excluding hydrogens is 283 g/mol. The maximum absolute atomic E-state index is 13.7. The van der Waals surface area contributed by atoms with Crippen molar-refractivity contribution in [1.29, 1.82) is 0 Å². The number of nitro groups is 1. The van der Waals surface area contributed by atoms with Crippen molar-refractivity contribution in [3.63, 3.8) is 0 Å². The van der Waals surface area contributed by atoms with Crippen molar-refractivity contribution in [1.82, 2.24) is 4.90 Å². The highest BCUT2D eigenvalue weighted by molar-refractivity contribution is 7.07. The summed E-state index contributed by atoms with van der Waals surface area (Å²) in [6.45, 7) is 0.324. The van der Waals surface area contributed by atoms with Crippen molar-refractivity contribution in [3.05, 3.63) is 62.1 Å². The maximum atomic E-state index is 13.7. The van der Waals surface area contributed by atoms with Crippen LogP contribution in [0.2, 0.25) is 0 Å². The lowest BCUT2D eigenvalue weighted by Gasteiger charge is -2.16. The van der Waals surface area contributed by atoms with Gasteiger partial charge in [-0.15, -0.1) is 0 Å². The van der Waals surface area contributed by atoms with Crippen molar-refractivity contribution < 1.29 is 14.1 Å². The molecule has 0 unspecified atom stereocenters. The number of nitro benzene ring substituents is 1. The number of non-ortho nitro benzene ring substituents is 1. The first-order valence-corrected chi connectivity index (χ1v) is 6.64. The van der Waals surface area contributed by atoms with E-state index < -0.39 is 16.6 Å². The molecule has 0 aliphatic heterocycles. The van der Waals surface area contributed by atoms with Crippen LogP contribution in [0, 0.1) is 15.9 Å². The van der Waals surface area contributed by atoms with Gasteiger partial charge in [-0.05, 0) is 28.5 Å². The Hall–Kier alpha value is -2.28. The van der Waals surface area contributed by atoms with E-state index in [9.17, 15) is 19.3 Å². The molecule has 0 spiro atoms. The van der Waals surface area contributed by atoms with E-state index in [0.29, 0.717) is 6.54 Å². The molecule has 1 amide bonds. The minimum Gasteiger partial charge on any atom is -0.337 e. The van der Waals surface area contributed by atoms with E-state index in [1.54, 1.807) is 0 Å². The Labute approximate surface area is 118 Å². The van der Waals surface area contributed by atoms with Crippen molar-refractivity contribution >= 4 is 22.9 Å². The fraction of sp³-hybridized carbons (Fsp3) is 0.154. The van der Waals surface area contributed by atoms with Crippen LogP contribution in [0.1, 0.15) is 15.9 Å². The first-order chi connectivity index (χ1) is 9.49. The van der Waals surface area contributed by atoms with Crippen LogP contribution in [-0.2, 0) is 6.54 Å². The third-order valence-corrected chi connectivity index (χ3v) is 3.47. The molecule has 1 heterocycles. The average molecular weight is 294 g/mol. The summed E-state index contributed by atoms with van der Waals surface area (Å²) >= 11 is 1.50. The van der Waals surface area contributed by atoms with Crippen molar-refractivity contribution in [2.75, 3.05) is 7.05 Å². The predicted molar refractivity (Wildman–Crippen MR) is 73.2 cm³/mol. The van der Waals surface area contributed by atoms with Gasteiger partial charge in [0, 0.05) is 25.7 Å². The minimum atomic E-state index is -0.766. The van der Waals surface area contributed by atoms with Gasteiger partial charge >= 0.3 is 0 Å². The molecule has 0 bridgehead atoms. The average Bonchev–Trinajstić information content (AvgIpc) is 2.91. The standard InChI is InChI=1S/C13H11FN2O3S/c1-15(7-9-4-5-20-8-9)13(17)11-6-10(16(18)19)2-3-12(11)14/h2-6,8H,7H2,1H3. The first-order valence-electron chi connectivity index (χ1n) is 5.69. The molecule has 0 fully saturated rings. The third-order valence-electron chi connectivity index (χ3n) is 2.74. The van der Waals surface area contributed by atoms with Crippen molar-refractivity contribution in [2.45, 2.75) is 6.54 Å². The molecule has 5 nitrogen and oxygen atoms in total. The summed E-state index contributed by atoms with van der Waals surface area (Å²) in [6, 6.07) is 4.79. The third kappa shape index (κ3) is 3.00. The van der Waals surface area contributed by atoms with Crippen molar-refractivity contribution in [2.24, 2.45) is 0 Å². The number of hydrogen-bond acceptors (Lipinski definition) is 4. The zero-order valence-corrected chi connectivity index (χ0v) is 11.4. The second-order valence-electron chi connectivity index (χ2n) is 4.21. The number of amides is 1. The van der Waals surface area contributed by atoms with E-state index in [1.165, 1.54) is 23.3 Å². The molecule has 2 aromatic rings. The van der Waals surface area contributed by atoms with Crippen LogP contribution in [0.3, 0.4) is 0 Å². The quantitative estimate of drug-likeness (QED) is 0.643. The van der Waals surface area contributed by atoms with Gasteiger partial charge in [-0.25, -0.2) is 4.39 Å². The highest BCUT2D eigenvalue weighted by Crippen LogP contribution is 2.19. The molecule has 20 heavy (non-hydrogen) atoms. The molecule has 7 heteroatoms. The summed E-state index contributed by atoms with van der Waals surface area (Å²) in [5.74, 6) is -1.35. The summed E-state index contributed by atoms with van der Waals surface area (Å²) < 4.78 is 13.7. The first kappa shape index (κ1) is 14.1. The molecule has 1 aromatic carbocycles. The number of halogens is 1. The molecule has 2 rings (SSSR count). The molecule has 0 atom stereocenters. The summed E-state index contributed by atoms with van der Waals surface area (Å²) in [5, 5.41) is 14.4. The normalized spacial score (nSPS) is 10.3. The number of carbonyl (C=O) groups is 1. The SMILES string of the molecule is CN(Cc1ccsc1)C(=O)c1cc([N+](=O)[O-])ccc1F. The van der Waals surface area contributed by atoms with Crippen LogP contribution in [-0.4, -0.2) is 22.8 Å². The summed E-state index contributed by atoms with van der Waals surface area (Å²) in [4.78, 5) is 23.5. The van der Waals surface area contributed by atoms with E-state index in [1.807, 2.05) is 16.8 Å². The number of thiophene rings is 1. The largest absolute Gasteiger partial charge is 0.337 e. The van der Waals surface area contributed by atoms with Crippen LogP contribution in [0.15, 0.2) is 35.0 Å². The fourth-order valence-corrected chi connectivity index (χ4v) is 2.38. The Morgan fingerprint density at radius 1 is 1.45 bits per heavy atom. The number of nitrogens with zero attached hydrogens (tertiary/aromatic N) is 2. The van der Waals surface area contributed by atoms with Crippen LogP contribution in [0.25, 0.3) is 0 Å². The second-order valence-corrected chi connectivity index (χ2v) is 4.99. The lowest BCUT2D eigenvalue weighted by molar-refractivity contribution is -0.384. The van der Waals surface area contributed by atoms with E-state index in [2.05, 4.69) is 0 Å². The Morgan fingerprint density at radius 2 is 2.20 bits per heavy atom. The summed E-state index contributed by atoms with van der Waals surface area (Å²) in [5.41, 5.74) is 0.326. The van der Waals surface area contributed by atoms with Crippen LogP contribution in [0.4, 0.5) is 10.1 Å². The van der Waals surface area contributed by atoms with E-state index in [-0.39, 0.29) is 11.3 Å². The van der Waals surface area contributed by atoms with Gasteiger partial charge in [0.25, 0.3) is 11.6 Å². The Balaban J connectivity index is 2.23. The van der Waals surface area contributed by atoms with Crippen LogP contribution < -0.4 is 0 Å². The van der Waals surface area contributed by atoms with E-state index in [0.717, 1.165) is 23.8 Å². The van der Waals surface area contributed by atoms with Gasteiger partial charge in [0.15, 0.2) is 0 Å². The molecule has 0 saturated carbocycles.